The van der Waals surface area contributed by atoms with Gasteiger partial charge in [-0.15, -0.1) is 5.10 Å². The Morgan fingerprint density at radius 2 is 1.86 bits per heavy atom. The average molecular weight is 418 g/mol. The van der Waals surface area contributed by atoms with E-state index >= 15 is 0 Å². The lowest BCUT2D eigenvalue weighted by Gasteiger charge is -2.12. The lowest BCUT2D eigenvalue weighted by atomic mass is 9.83. The van der Waals surface area contributed by atoms with Crippen LogP contribution in [0, 0.1) is 23.3 Å². The molecule has 9 nitrogen and oxygen atoms in total. The molecule has 2 rings (SSSR count). The number of benzene rings is 1. The average Bonchev–Trinajstić information content (AvgIpc) is 3.11. The van der Waals surface area contributed by atoms with Crippen molar-refractivity contribution in [3.8, 4) is 0 Å². The van der Waals surface area contributed by atoms with Crippen molar-refractivity contribution in [3.63, 3.8) is 0 Å². The zero-order valence-corrected chi connectivity index (χ0v) is 15.2. The number of unbranched alkanes of at least 4 members (excludes halogenated alkanes) is 1. The van der Waals surface area contributed by atoms with E-state index in [1.807, 2.05) is 0 Å². The van der Waals surface area contributed by atoms with Gasteiger partial charge in [-0.25, -0.2) is 22.2 Å². The van der Waals surface area contributed by atoms with E-state index in [0.717, 1.165) is 4.68 Å². The van der Waals surface area contributed by atoms with Gasteiger partial charge in [0.05, 0.1) is 6.04 Å². The minimum atomic E-state index is -1.60. The summed E-state index contributed by atoms with van der Waals surface area (Å²) >= 11 is 0. The maximum Gasteiger partial charge on any atom is 0.451 e. The van der Waals surface area contributed by atoms with Gasteiger partial charge in [-0.2, -0.15) is 0 Å². The summed E-state index contributed by atoms with van der Waals surface area (Å²) < 4.78 is 54.7. The summed E-state index contributed by atoms with van der Waals surface area (Å²) in [4.78, 5) is 12.0. The molecule has 0 saturated carbocycles. The first-order valence-electron chi connectivity index (χ1n) is 8.67. The Labute approximate surface area is 163 Å². The lowest BCUT2D eigenvalue weighted by Crippen LogP contribution is -2.30. The third-order valence-corrected chi connectivity index (χ3v) is 4.08. The molecule has 14 heteroatoms. The highest BCUT2D eigenvalue weighted by atomic mass is 19.2. The monoisotopic (exact) mass is 418 g/mol. The van der Waals surface area contributed by atoms with E-state index in [1.165, 1.54) is 0 Å². The predicted molar refractivity (Wildman–Crippen MR) is 91.7 cm³/mol. The van der Waals surface area contributed by atoms with Crippen LogP contribution < -0.4 is 11.1 Å². The molecule has 2 aromatic rings. The minimum Gasteiger partial charge on any atom is -0.427 e. The Hall–Kier alpha value is -2.58. The molecule has 1 heterocycles. The van der Waals surface area contributed by atoms with Crippen LogP contribution in [-0.2, 0) is 17.9 Å². The third-order valence-electron chi connectivity index (χ3n) is 4.08. The molecule has 1 amide bonds. The third kappa shape index (κ3) is 6.20. The molecule has 0 saturated heterocycles. The number of nitrogens with one attached hydrogen (secondary N) is 1. The molecule has 0 radical (unpaired) electrons. The zero-order chi connectivity index (χ0) is 21.6. The number of carbonyl (C=O) groups excluding carboxylic acids is 1. The first-order valence-corrected chi connectivity index (χ1v) is 8.67. The summed E-state index contributed by atoms with van der Waals surface area (Å²) in [5.41, 5.74) is 5.02. The van der Waals surface area contributed by atoms with Crippen LogP contribution in [0.25, 0.3) is 0 Å². The van der Waals surface area contributed by atoms with Gasteiger partial charge in [0, 0.05) is 18.2 Å². The van der Waals surface area contributed by atoms with E-state index in [9.17, 15) is 22.4 Å². The summed E-state index contributed by atoms with van der Waals surface area (Å²) in [7, 11) is -1.40. The predicted octanol–water partition coefficient (Wildman–Crippen LogP) is 0.189. The van der Waals surface area contributed by atoms with Crippen molar-refractivity contribution in [1.82, 2.24) is 25.5 Å². The molecule has 1 atom stereocenters. The van der Waals surface area contributed by atoms with Gasteiger partial charge in [-0.05, 0) is 23.2 Å². The first-order chi connectivity index (χ1) is 13.7. The second kappa shape index (κ2) is 10.3. The van der Waals surface area contributed by atoms with E-state index in [0.29, 0.717) is 19.3 Å². The Morgan fingerprint density at radius 3 is 2.48 bits per heavy atom. The van der Waals surface area contributed by atoms with E-state index < -0.39 is 61.0 Å². The molecule has 1 aromatic heterocycles. The number of hydrogen-bond donors (Lipinski definition) is 4. The fourth-order valence-electron chi connectivity index (χ4n) is 2.57. The number of halogens is 4. The van der Waals surface area contributed by atoms with Gasteiger partial charge >= 0.3 is 7.12 Å². The van der Waals surface area contributed by atoms with E-state index in [-0.39, 0.29) is 18.2 Å². The lowest BCUT2D eigenvalue weighted by molar-refractivity contribution is -0.122. The molecular weight excluding hydrogens is 399 g/mol. The Kier molecular flexibility index (Phi) is 8.05. The smallest absolute Gasteiger partial charge is 0.427 e. The van der Waals surface area contributed by atoms with Crippen LogP contribution in [0.3, 0.4) is 0 Å². The van der Waals surface area contributed by atoms with Crippen molar-refractivity contribution >= 4 is 13.0 Å². The van der Waals surface area contributed by atoms with Gasteiger partial charge in [0.1, 0.15) is 6.54 Å². The number of aromatic nitrogens is 4. The fraction of sp³-hybridized carbons (Fsp3) is 0.467. The molecule has 0 bridgehead atoms. The minimum absolute atomic E-state index is 0.0754. The largest absolute Gasteiger partial charge is 0.451 e. The van der Waals surface area contributed by atoms with Crippen LogP contribution >= 0.6 is 0 Å². The Balaban J connectivity index is 1.93. The standard InChI is InChI=1S/C15H19BF4N6O3/c17-9-5-10(18)14(20)8(13(9)19)6-22-12(27)7-26-15(23-24-25-26)11(21)3-1-2-4-16(28)29/h5,11,28-29H,1-4,6-7,21H2,(H,22,27). The van der Waals surface area contributed by atoms with Gasteiger partial charge in [0.15, 0.2) is 29.1 Å². The number of rotatable bonds is 10. The number of carbonyl (C=O) groups is 1. The highest BCUT2D eigenvalue weighted by Crippen LogP contribution is 2.19. The fourth-order valence-corrected chi connectivity index (χ4v) is 2.57. The molecule has 5 N–H and O–H groups in total. The number of nitrogens with zero attached hydrogens (tertiary/aromatic N) is 4. The molecule has 0 fully saturated rings. The van der Waals surface area contributed by atoms with Crippen molar-refractivity contribution < 1.29 is 32.4 Å². The first kappa shape index (κ1) is 22.7. The molecule has 0 aliphatic heterocycles. The zero-order valence-electron chi connectivity index (χ0n) is 15.2. The van der Waals surface area contributed by atoms with Gasteiger partial charge in [0.2, 0.25) is 5.91 Å². The summed E-state index contributed by atoms with van der Waals surface area (Å²) in [5, 5.41) is 30.5. The number of hydrogen-bond acceptors (Lipinski definition) is 7. The number of nitrogens with two attached hydrogens (primary N) is 1. The van der Waals surface area contributed by atoms with Crippen LogP contribution in [0.4, 0.5) is 17.6 Å². The van der Waals surface area contributed by atoms with Crippen molar-refractivity contribution in [1.29, 1.82) is 0 Å². The summed E-state index contributed by atoms with van der Waals surface area (Å²) in [6.45, 7) is -1.22. The van der Waals surface area contributed by atoms with Crippen LogP contribution in [0.2, 0.25) is 6.32 Å². The van der Waals surface area contributed by atoms with Crippen LogP contribution in [-0.4, -0.2) is 43.3 Å². The molecule has 0 spiro atoms. The van der Waals surface area contributed by atoms with Gasteiger partial charge in [-0.1, -0.05) is 12.8 Å². The van der Waals surface area contributed by atoms with Crippen LogP contribution in [0.15, 0.2) is 6.07 Å². The van der Waals surface area contributed by atoms with E-state index in [1.54, 1.807) is 0 Å². The Morgan fingerprint density at radius 1 is 1.21 bits per heavy atom. The van der Waals surface area contributed by atoms with E-state index in [2.05, 4.69) is 20.8 Å². The summed E-state index contributed by atoms with van der Waals surface area (Å²) in [6, 6.07) is -0.563. The summed E-state index contributed by atoms with van der Waals surface area (Å²) in [6.07, 6.45) is 1.66. The second-order valence-electron chi connectivity index (χ2n) is 6.29. The van der Waals surface area contributed by atoms with Crippen molar-refractivity contribution in [3.05, 3.63) is 40.7 Å². The highest BCUT2D eigenvalue weighted by molar-refractivity contribution is 6.40. The molecule has 158 valence electrons. The Bertz CT molecular complexity index is 827. The highest BCUT2D eigenvalue weighted by Gasteiger charge is 2.21. The molecule has 0 aliphatic carbocycles. The summed E-state index contributed by atoms with van der Waals surface area (Å²) in [5.74, 6) is -6.92. The molecule has 1 unspecified atom stereocenters. The SMILES string of the molecule is NC(CCCCB(O)O)c1nnnn1CC(=O)NCc1c(F)c(F)cc(F)c1F. The van der Waals surface area contributed by atoms with Gasteiger partial charge in [-0.3, -0.25) is 4.79 Å². The number of amides is 1. The van der Waals surface area contributed by atoms with E-state index in [4.69, 9.17) is 15.8 Å². The molecular formula is C15H19BF4N6O3. The maximum atomic E-state index is 13.6. The van der Waals surface area contributed by atoms with Gasteiger partial charge < -0.3 is 21.1 Å². The maximum absolute atomic E-state index is 13.6. The second-order valence-corrected chi connectivity index (χ2v) is 6.29. The molecule has 1 aromatic carbocycles. The van der Waals surface area contributed by atoms with Crippen LogP contribution in [0.5, 0.6) is 0 Å². The molecule has 29 heavy (non-hydrogen) atoms. The van der Waals surface area contributed by atoms with Crippen molar-refractivity contribution in [2.45, 2.75) is 44.7 Å². The van der Waals surface area contributed by atoms with Gasteiger partial charge in [0.25, 0.3) is 0 Å². The van der Waals surface area contributed by atoms with Crippen molar-refractivity contribution in [2.75, 3.05) is 0 Å². The number of tetrazole rings is 1. The van der Waals surface area contributed by atoms with Crippen molar-refractivity contribution in [2.24, 2.45) is 5.73 Å². The normalized spacial score (nSPS) is 12.1. The molecule has 0 aliphatic rings. The van der Waals surface area contributed by atoms with Crippen LogP contribution in [0.1, 0.15) is 36.7 Å². The quantitative estimate of drug-likeness (QED) is 0.187. The topological polar surface area (TPSA) is 139 Å².